The highest BCUT2D eigenvalue weighted by Crippen LogP contribution is 2.34. The van der Waals surface area contributed by atoms with Crippen molar-refractivity contribution in [3.8, 4) is 0 Å². The zero-order valence-corrected chi connectivity index (χ0v) is 14.0. The van der Waals surface area contributed by atoms with Crippen LogP contribution in [0.1, 0.15) is 62.3 Å². The highest BCUT2D eigenvalue weighted by molar-refractivity contribution is 5.42. The molecule has 0 spiro atoms. The van der Waals surface area contributed by atoms with Gasteiger partial charge in [-0.25, -0.2) is 4.39 Å². The third kappa shape index (κ3) is 3.48. The van der Waals surface area contributed by atoms with Gasteiger partial charge in [0.2, 0.25) is 0 Å². The highest BCUT2D eigenvalue weighted by Gasteiger charge is 2.30. The fourth-order valence-electron chi connectivity index (χ4n) is 4.09. The molecule has 1 aromatic carbocycles. The molecule has 0 heterocycles. The van der Waals surface area contributed by atoms with Crippen LogP contribution in [0, 0.1) is 24.6 Å². The van der Waals surface area contributed by atoms with Gasteiger partial charge in [0.1, 0.15) is 5.82 Å². The van der Waals surface area contributed by atoms with E-state index in [1.54, 1.807) is 6.07 Å². The number of benzene rings is 1. The monoisotopic (exact) mass is 291 g/mol. The van der Waals surface area contributed by atoms with Crippen LogP contribution in [-0.2, 0) is 19.3 Å². The maximum absolute atomic E-state index is 14.3. The summed E-state index contributed by atoms with van der Waals surface area (Å²) in [7, 11) is 0. The summed E-state index contributed by atoms with van der Waals surface area (Å²) in [6, 6.07) is 2.06. The van der Waals surface area contributed by atoms with Gasteiger partial charge >= 0.3 is 0 Å². The molecule has 2 heteroatoms. The minimum atomic E-state index is -0.0368. The molecule has 1 aromatic rings. The van der Waals surface area contributed by atoms with Crippen molar-refractivity contribution in [1.29, 1.82) is 0 Å². The molecule has 0 aliphatic heterocycles. The average molecular weight is 291 g/mol. The Bertz CT molecular complexity index is 495. The number of halogens is 1. The van der Waals surface area contributed by atoms with Crippen LogP contribution in [0.25, 0.3) is 0 Å². The summed E-state index contributed by atoms with van der Waals surface area (Å²) in [4.78, 5) is 0. The Morgan fingerprint density at radius 2 is 1.95 bits per heavy atom. The molecule has 0 saturated heterocycles. The molecule has 1 nitrogen and oxygen atoms in total. The third-order valence-electron chi connectivity index (χ3n) is 5.18. The van der Waals surface area contributed by atoms with E-state index in [4.69, 9.17) is 5.73 Å². The number of rotatable bonds is 5. The van der Waals surface area contributed by atoms with Crippen molar-refractivity contribution < 1.29 is 4.39 Å². The number of hydrogen-bond acceptors (Lipinski definition) is 1. The Morgan fingerprint density at radius 1 is 1.24 bits per heavy atom. The van der Waals surface area contributed by atoms with E-state index in [0.717, 1.165) is 37.7 Å². The van der Waals surface area contributed by atoms with Crippen LogP contribution in [-0.4, -0.2) is 6.04 Å². The molecule has 0 aromatic heterocycles. The molecule has 0 radical (unpaired) electrons. The maximum atomic E-state index is 14.3. The maximum Gasteiger partial charge on any atom is 0.126 e. The Balaban J connectivity index is 2.34. The van der Waals surface area contributed by atoms with Crippen LogP contribution in [0.4, 0.5) is 4.39 Å². The Morgan fingerprint density at radius 3 is 2.48 bits per heavy atom. The molecule has 21 heavy (non-hydrogen) atoms. The summed E-state index contributed by atoms with van der Waals surface area (Å²) in [5, 5.41) is 0. The standard InChI is InChI=1S/C19H30FN/c1-5-7-17-13(4)18(20)11-14(16(17)6-2)10-15-8-12(3)9-19(15)21/h11-12,15,19H,5-10,21H2,1-4H3/t12-,15-,19?/m1/s1. The van der Waals surface area contributed by atoms with Crippen molar-refractivity contribution in [3.05, 3.63) is 34.1 Å². The third-order valence-corrected chi connectivity index (χ3v) is 5.18. The van der Waals surface area contributed by atoms with Crippen LogP contribution in [0.5, 0.6) is 0 Å². The lowest BCUT2D eigenvalue weighted by Crippen LogP contribution is -2.26. The van der Waals surface area contributed by atoms with E-state index in [1.165, 1.54) is 23.1 Å². The second-order valence-corrected chi connectivity index (χ2v) is 6.91. The van der Waals surface area contributed by atoms with E-state index >= 15 is 0 Å². The summed E-state index contributed by atoms with van der Waals surface area (Å²) in [5.74, 6) is 1.19. The minimum absolute atomic E-state index is 0.0368. The molecule has 1 saturated carbocycles. The van der Waals surface area contributed by atoms with Crippen LogP contribution in [0.15, 0.2) is 6.07 Å². The summed E-state index contributed by atoms with van der Waals surface area (Å²) in [6.45, 7) is 8.55. The molecule has 118 valence electrons. The lowest BCUT2D eigenvalue weighted by molar-refractivity contribution is 0.469. The van der Waals surface area contributed by atoms with Gasteiger partial charge in [-0.15, -0.1) is 0 Å². The van der Waals surface area contributed by atoms with E-state index in [9.17, 15) is 4.39 Å². The van der Waals surface area contributed by atoms with Crippen molar-refractivity contribution in [2.24, 2.45) is 17.6 Å². The lowest BCUT2D eigenvalue weighted by Gasteiger charge is -2.21. The molecule has 3 atom stereocenters. The SMILES string of the molecule is CCCc1c(C)c(F)cc(C[C@H]2C[C@@H](C)CC2N)c1CC. The zero-order valence-electron chi connectivity index (χ0n) is 14.0. The van der Waals surface area contributed by atoms with E-state index < -0.39 is 0 Å². The predicted octanol–water partition coefficient (Wildman–Crippen LogP) is 4.56. The second-order valence-electron chi connectivity index (χ2n) is 6.91. The molecule has 1 fully saturated rings. The van der Waals surface area contributed by atoms with E-state index in [2.05, 4.69) is 20.8 Å². The Kier molecular flexibility index (Phi) is 5.43. The Labute approximate surface area is 129 Å². The summed E-state index contributed by atoms with van der Waals surface area (Å²) in [6.07, 6.45) is 6.28. The first-order valence-electron chi connectivity index (χ1n) is 8.53. The van der Waals surface area contributed by atoms with Gasteiger partial charge in [-0.05, 0) is 79.2 Å². The topological polar surface area (TPSA) is 26.0 Å². The number of nitrogens with two attached hydrogens (primary N) is 1. The first kappa shape index (κ1) is 16.5. The second kappa shape index (κ2) is 6.91. The van der Waals surface area contributed by atoms with Gasteiger partial charge in [0.15, 0.2) is 0 Å². The molecule has 1 aliphatic rings. The smallest absolute Gasteiger partial charge is 0.126 e. The van der Waals surface area contributed by atoms with Crippen LogP contribution >= 0.6 is 0 Å². The number of hydrogen-bond donors (Lipinski definition) is 1. The van der Waals surface area contributed by atoms with Crippen molar-refractivity contribution in [2.75, 3.05) is 0 Å². The van der Waals surface area contributed by atoms with Crippen molar-refractivity contribution in [2.45, 2.75) is 72.3 Å². The fraction of sp³-hybridized carbons (Fsp3) is 0.684. The predicted molar refractivity (Wildman–Crippen MR) is 88.1 cm³/mol. The molecule has 1 unspecified atom stereocenters. The first-order valence-corrected chi connectivity index (χ1v) is 8.53. The highest BCUT2D eigenvalue weighted by atomic mass is 19.1. The quantitative estimate of drug-likeness (QED) is 0.845. The molecular weight excluding hydrogens is 261 g/mol. The van der Waals surface area contributed by atoms with Gasteiger partial charge in [-0.1, -0.05) is 27.2 Å². The molecular formula is C19H30FN. The van der Waals surface area contributed by atoms with Gasteiger partial charge < -0.3 is 5.73 Å². The van der Waals surface area contributed by atoms with Crippen LogP contribution in [0.2, 0.25) is 0 Å². The lowest BCUT2D eigenvalue weighted by atomic mass is 9.86. The summed E-state index contributed by atoms with van der Waals surface area (Å²) >= 11 is 0. The van der Waals surface area contributed by atoms with E-state index in [1.807, 2.05) is 6.92 Å². The van der Waals surface area contributed by atoms with Gasteiger partial charge in [0.25, 0.3) is 0 Å². The fourth-order valence-corrected chi connectivity index (χ4v) is 4.09. The van der Waals surface area contributed by atoms with E-state index in [0.29, 0.717) is 11.8 Å². The summed E-state index contributed by atoms with van der Waals surface area (Å²) in [5.41, 5.74) is 11.0. The van der Waals surface area contributed by atoms with Crippen LogP contribution < -0.4 is 5.73 Å². The van der Waals surface area contributed by atoms with Crippen molar-refractivity contribution in [1.82, 2.24) is 0 Å². The minimum Gasteiger partial charge on any atom is -0.327 e. The molecule has 0 amide bonds. The first-order chi connectivity index (χ1) is 9.97. The molecule has 2 N–H and O–H groups in total. The molecule has 1 aliphatic carbocycles. The molecule has 0 bridgehead atoms. The van der Waals surface area contributed by atoms with Gasteiger partial charge in [0, 0.05) is 6.04 Å². The van der Waals surface area contributed by atoms with Gasteiger partial charge in [-0.3, -0.25) is 0 Å². The van der Waals surface area contributed by atoms with Crippen molar-refractivity contribution >= 4 is 0 Å². The average Bonchev–Trinajstić information content (AvgIpc) is 2.74. The molecule has 2 rings (SSSR count). The van der Waals surface area contributed by atoms with E-state index in [-0.39, 0.29) is 11.9 Å². The normalized spacial score (nSPS) is 25.5. The largest absolute Gasteiger partial charge is 0.327 e. The van der Waals surface area contributed by atoms with Gasteiger partial charge in [-0.2, -0.15) is 0 Å². The summed E-state index contributed by atoms with van der Waals surface area (Å²) < 4.78 is 14.3. The van der Waals surface area contributed by atoms with Crippen molar-refractivity contribution in [3.63, 3.8) is 0 Å². The van der Waals surface area contributed by atoms with Crippen LogP contribution in [0.3, 0.4) is 0 Å². The zero-order chi connectivity index (χ0) is 15.6. The van der Waals surface area contributed by atoms with Gasteiger partial charge in [0.05, 0.1) is 0 Å². The Hall–Kier alpha value is -0.890.